The lowest BCUT2D eigenvalue weighted by molar-refractivity contribution is 0.163. The van der Waals surface area contributed by atoms with Crippen LogP contribution in [-0.4, -0.2) is 31.2 Å². The first-order valence-electron chi connectivity index (χ1n) is 8.82. The van der Waals surface area contributed by atoms with Crippen LogP contribution in [0, 0.1) is 0 Å². The Hall–Kier alpha value is -3.28. The quantitative estimate of drug-likeness (QED) is 0.700. The molecule has 0 bridgehead atoms. The van der Waals surface area contributed by atoms with E-state index in [2.05, 4.69) is 0 Å². The molecule has 0 saturated carbocycles. The Morgan fingerprint density at radius 2 is 1.74 bits per heavy atom. The van der Waals surface area contributed by atoms with Crippen LogP contribution in [0.25, 0.3) is 22.1 Å². The maximum Gasteiger partial charge on any atom is 0.415 e. The molecule has 0 spiro atoms. The van der Waals surface area contributed by atoms with Gasteiger partial charge in [0.25, 0.3) is 0 Å². The molecular formula is C21H19NO5. The van der Waals surface area contributed by atoms with Gasteiger partial charge < -0.3 is 18.8 Å². The van der Waals surface area contributed by atoms with Gasteiger partial charge >= 0.3 is 6.09 Å². The highest BCUT2D eigenvalue weighted by molar-refractivity contribution is 5.82. The van der Waals surface area contributed by atoms with Crippen molar-refractivity contribution < 1.29 is 18.7 Å². The molecule has 27 heavy (non-hydrogen) atoms. The van der Waals surface area contributed by atoms with Crippen LogP contribution in [0.5, 0.6) is 11.5 Å². The molecule has 1 fully saturated rings. The van der Waals surface area contributed by atoms with Gasteiger partial charge in [-0.05, 0) is 42.7 Å². The van der Waals surface area contributed by atoms with Gasteiger partial charge in [-0.2, -0.15) is 0 Å². The Morgan fingerprint density at radius 3 is 2.44 bits per heavy atom. The number of methoxy groups -OCH3 is 1. The summed E-state index contributed by atoms with van der Waals surface area (Å²) in [4.78, 5) is 26.5. The summed E-state index contributed by atoms with van der Waals surface area (Å²) in [5.41, 5.74) is 1.49. The third kappa shape index (κ3) is 3.38. The van der Waals surface area contributed by atoms with E-state index in [0.29, 0.717) is 33.6 Å². The minimum Gasteiger partial charge on any atom is -0.497 e. The Labute approximate surface area is 155 Å². The standard InChI is InChI=1S/C21H19NO5/c1-25-16-8-9-17-19(12-16)26-13-18(20(17)23)14-4-6-15(7-5-14)27-21(24)22-10-2-3-11-22/h4-9,12-13H,2-3,10-11H2,1H3. The number of fused-ring (bicyclic) bond motifs is 1. The summed E-state index contributed by atoms with van der Waals surface area (Å²) in [6.07, 6.45) is 3.13. The van der Waals surface area contributed by atoms with Crippen molar-refractivity contribution in [2.75, 3.05) is 20.2 Å². The maximum atomic E-state index is 12.8. The maximum absolute atomic E-state index is 12.8. The second-order valence-corrected chi connectivity index (χ2v) is 6.43. The van der Waals surface area contributed by atoms with Crippen molar-refractivity contribution in [2.45, 2.75) is 12.8 Å². The SMILES string of the molecule is COc1ccc2c(=O)c(-c3ccc(OC(=O)N4CCCC4)cc3)coc2c1. The van der Waals surface area contributed by atoms with Gasteiger partial charge in [0.1, 0.15) is 23.3 Å². The van der Waals surface area contributed by atoms with Crippen molar-refractivity contribution in [2.24, 2.45) is 0 Å². The number of benzene rings is 2. The van der Waals surface area contributed by atoms with Crippen molar-refractivity contribution in [3.05, 3.63) is 59.0 Å². The molecule has 1 amide bonds. The molecule has 1 aromatic heterocycles. The molecule has 3 aromatic rings. The normalized spacial score (nSPS) is 13.7. The van der Waals surface area contributed by atoms with E-state index < -0.39 is 0 Å². The molecule has 138 valence electrons. The third-order valence-electron chi connectivity index (χ3n) is 4.72. The lowest BCUT2D eigenvalue weighted by atomic mass is 10.1. The van der Waals surface area contributed by atoms with Crippen LogP contribution >= 0.6 is 0 Å². The van der Waals surface area contributed by atoms with Gasteiger partial charge in [0.2, 0.25) is 0 Å². The average Bonchev–Trinajstić information content (AvgIpc) is 3.24. The van der Waals surface area contributed by atoms with E-state index >= 15 is 0 Å². The Balaban J connectivity index is 1.59. The van der Waals surface area contributed by atoms with Crippen molar-refractivity contribution in [1.82, 2.24) is 4.90 Å². The van der Waals surface area contributed by atoms with Crippen LogP contribution in [0.15, 0.2) is 57.9 Å². The van der Waals surface area contributed by atoms with E-state index in [1.54, 1.807) is 54.5 Å². The summed E-state index contributed by atoms with van der Waals surface area (Å²) >= 11 is 0. The Morgan fingerprint density at radius 1 is 1.04 bits per heavy atom. The fourth-order valence-corrected chi connectivity index (χ4v) is 3.20. The summed E-state index contributed by atoms with van der Waals surface area (Å²) in [6, 6.07) is 11.9. The number of hydrogen-bond acceptors (Lipinski definition) is 5. The molecule has 6 nitrogen and oxygen atoms in total. The van der Waals surface area contributed by atoms with E-state index in [-0.39, 0.29) is 11.5 Å². The summed E-state index contributed by atoms with van der Waals surface area (Å²) in [5.74, 6) is 1.08. The highest BCUT2D eigenvalue weighted by atomic mass is 16.6. The van der Waals surface area contributed by atoms with E-state index in [1.807, 2.05) is 0 Å². The number of amides is 1. The smallest absolute Gasteiger partial charge is 0.415 e. The van der Waals surface area contributed by atoms with Crippen LogP contribution in [0.4, 0.5) is 4.79 Å². The van der Waals surface area contributed by atoms with Gasteiger partial charge in [0, 0.05) is 19.2 Å². The van der Waals surface area contributed by atoms with Gasteiger partial charge in [-0.3, -0.25) is 4.79 Å². The molecule has 2 aromatic carbocycles. The minimum atomic E-state index is -0.334. The zero-order valence-electron chi connectivity index (χ0n) is 14.9. The minimum absolute atomic E-state index is 0.124. The lowest BCUT2D eigenvalue weighted by Gasteiger charge is -2.14. The van der Waals surface area contributed by atoms with Gasteiger partial charge in [0.15, 0.2) is 5.43 Å². The molecule has 0 unspecified atom stereocenters. The van der Waals surface area contributed by atoms with E-state index in [0.717, 1.165) is 25.9 Å². The molecular weight excluding hydrogens is 346 g/mol. The molecule has 1 aliphatic rings. The van der Waals surface area contributed by atoms with Gasteiger partial charge in [-0.1, -0.05) is 12.1 Å². The lowest BCUT2D eigenvalue weighted by Crippen LogP contribution is -2.30. The second kappa shape index (κ2) is 7.15. The first-order chi connectivity index (χ1) is 13.2. The largest absolute Gasteiger partial charge is 0.497 e. The van der Waals surface area contributed by atoms with Crippen molar-refractivity contribution in [3.63, 3.8) is 0 Å². The summed E-state index contributed by atoms with van der Waals surface area (Å²) in [6.45, 7) is 1.47. The van der Waals surface area contributed by atoms with E-state index in [1.165, 1.54) is 6.26 Å². The van der Waals surface area contributed by atoms with Crippen LogP contribution in [-0.2, 0) is 0 Å². The highest BCUT2D eigenvalue weighted by Crippen LogP contribution is 2.25. The molecule has 0 N–H and O–H groups in total. The van der Waals surface area contributed by atoms with Crippen molar-refractivity contribution >= 4 is 17.1 Å². The van der Waals surface area contributed by atoms with Crippen LogP contribution in [0.1, 0.15) is 12.8 Å². The summed E-state index contributed by atoms with van der Waals surface area (Å²) < 4.78 is 16.1. The molecule has 4 rings (SSSR count). The molecule has 1 saturated heterocycles. The average molecular weight is 365 g/mol. The fourth-order valence-electron chi connectivity index (χ4n) is 3.20. The predicted molar refractivity (Wildman–Crippen MR) is 101 cm³/mol. The van der Waals surface area contributed by atoms with E-state index in [4.69, 9.17) is 13.9 Å². The van der Waals surface area contributed by atoms with Gasteiger partial charge in [0.05, 0.1) is 18.1 Å². The molecule has 2 heterocycles. The number of rotatable bonds is 3. The Bertz CT molecular complexity index is 1030. The van der Waals surface area contributed by atoms with Crippen molar-refractivity contribution in [3.8, 4) is 22.6 Å². The first kappa shape index (κ1) is 17.1. The third-order valence-corrected chi connectivity index (χ3v) is 4.72. The molecule has 0 aliphatic carbocycles. The number of nitrogens with zero attached hydrogens (tertiary/aromatic N) is 1. The molecule has 0 atom stereocenters. The first-order valence-corrected chi connectivity index (χ1v) is 8.82. The van der Waals surface area contributed by atoms with Gasteiger partial charge in [-0.15, -0.1) is 0 Å². The van der Waals surface area contributed by atoms with E-state index in [9.17, 15) is 9.59 Å². The van der Waals surface area contributed by atoms with Crippen LogP contribution < -0.4 is 14.9 Å². The molecule has 0 radical (unpaired) electrons. The second-order valence-electron chi connectivity index (χ2n) is 6.43. The monoisotopic (exact) mass is 365 g/mol. The van der Waals surface area contributed by atoms with Crippen molar-refractivity contribution in [1.29, 1.82) is 0 Å². The topological polar surface area (TPSA) is 69.0 Å². The molecule has 6 heteroatoms. The fraction of sp³-hybridized carbons (Fsp3) is 0.238. The number of carbonyl (C=O) groups excluding carboxylic acids is 1. The predicted octanol–water partition coefficient (Wildman–Crippen LogP) is 4.06. The number of hydrogen-bond donors (Lipinski definition) is 0. The number of carbonyl (C=O) groups is 1. The summed E-state index contributed by atoms with van der Waals surface area (Å²) in [7, 11) is 1.56. The number of likely N-dealkylation sites (tertiary alicyclic amines) is 1. The number of ether oxygens (including phenoxy) is 2. The van der Waals surface area contributed by atoms with Crippen LogP contribution in [0.2, 0.25) is 0 Å². The highest BCUT2D eigenvalue weighted by Gasteiger charge is 2.19. The van der Waals surface area contributed by atoms with Gasteiger partial charge in [-0.25, -0.2) is 4.79 Å². The zero-order chi connectivity index (χ0) is 18.8. The zero-order valence-corrected chi connectivity index (χ0v) is 14.9. The van der Waals surface area contributed by atoms with Crippen LogP contribution in [0.3, 0.4) is 0 Å². The summed E-state index contributed by atoms with van der Waals surface area (Å²) in [5, 5.41) is 0.484. The Kier molecular flexibility index (Phi) is 4.54. The molecule has 1 aliphatic heterocycles.